The van der Waals surface area contributed by atoms with Crippen LogP contribution in [0.3, 0.4) is 0 Å². The van der Waals surface area contributed by atoms with E-state index in [-0.39, 0.29) is 17.9 Å². The number of carboxylic acid groups (broad SMARTS) is 1. The van der Waals surface area contributed by atoms with Crippen LogP contribution in [-0.4, -0.2) is 50.9 Å². The van der Waals surface area contributed by atoms with E-state index in [1.165, 1.54) is 0 Å². The predicted molar refractivity (Wildman–Crippen MR) is 73.6 cm³/mol. The fraction of sp³-hybridized carbons (Fsp3) is 0.222. The van der Waals surface area contributed by atoms with E-state index in [4.69, 9.17) is 10.8 Å². The largest absolute Gasteiger partial charge is 0.505 e. The molecule has 0 fully saturated rings. The van der Waals surface area contributed by atoms with Gasteiger partial charge in [0.1, 0.15) is 35.3 Å². The van der Waals surface area contributed by atoms with Crippen LogP contribution < -0.4 is 22.1 Å². The zero-order chi connectivity index (χ0) is 13.3. The molecule has 17 heavy (non-hydrogen) atoms. The van der Waals surface area contributed by atoms with Gasteiger partial charge in [0.2, 0.25) is 0 Å². The number of phenols is 2. The summed E-state index contributed by atoms with van der Waals surface area (Å²) in [7, 11) is 5.07. The first kappa shape index (κ1) is 13.5. The minimum Gasteiger partial charge on any atom is -0.505 e. The Morgan fingerprint density at radius 1 is 1.12 bits per heavy atom. The number of nitrogens with two attached hydrogens (primary N) is 1. The van der Waals surface area contributed by atoms with Crippen molar-refractivity contribution in [2.45, 2.75) is 12.5 Å². The topological polar surface area (TPSA) is 104 Å². The first-order valence-electron chi connectivity index (χ1n) is 5.26. The highest BCUT2D eigenvalue weighted by Gasteiger charge is 2.20. The van der Waals surface area contributed by atoms with Crippen molar-refractivity contribution in [3.05, 3.63) is 5.56 Å². The molecule has 0 aliphatic heterocycles. The van der Waals surface area contributed by atoms with Crippen LogP contribution in [0.2, 0.25) is 0 Å². The summed E-state index contributed by atoms with van der Waals surface area (Å²) in [5.74, 6) is -1.46. The third kappa shape index (κ3) is 2.41. The number of hydrogen-bond donors (Lipinski definition) is 4. The number of aromatic hydroxyl groups is 2. The van der Waals surface area contributed by atoms with Gasteiger partial charge >= 0.3 is 5.97 Å². The van der Waals surface area contributed by atoms with Crippen molar-refractivity contribution in [3.63, 3.8) is 0 Å². The molecule has 1 aromatic rings. The van der Waals surface area contributed by atoms with E-state index < -0.39 is 12.0 Å². The Morgan fingerprint density at radius 3 is 2.06 bits per heavy atom. The maximum Gasteiger partial charge on any atom is 0.320 e. The number of aliphatic carboxylic acids is 1. The molecular formula is C9H14B3NO4. The lowest BCUT2D eigenvalue weighted by molar-refractivity contribution is -0.138. The second kappa shape index (κ2) is 4.75. The minimum absolute atomic E-state index is 0.127. The standard InChI is InChI=1S/C9H14B3NO4/c10-4-2(1-3(13)9(16)17)5(11)7(14)8(15)6(4)12/h3,14-15H,1,10-13H2,(H,16,17)/t3-/m0/s1. The predicted octanol–water partition coefficient (Wildman–Crippen LogP) is -5.17. The molecule has 5 N–H and O–H groups in total. The quantitative estimate of drug-likeness (QED) is 0.308. The number of benzene rings is 1. The summed E-state index contributed by atoms with van der Waals surface area (Å²) in [6.45, 7) is 0. The van der Waals surface area contributed by atoms with E-state index >= 15 is 0 Å². The third-order valence-corrected chi connectivity index (χ3v) is 3.14. The zero-order valence-corrected chi connectivity index (χ0v) is 10.1. The number of hydrogen-bond acceptors (Lipinski definition) is 4. The molecule has 0 unspecified atom stereocenters. The van der Waals surface area contributed by atoms with Crippen molar-refractivity contribution in [1.29, 1.82) is 0 Å². The Hall–Kier alpha value is -1.56. The van der Waals surface area contributed by atoms with Crippen molar-refractivity contribution in [2.24, 2.45) is 5.73 Å². The summed E-state index contributed by atoms with van der Waals surface area (Å²) >= 11 is 0. The van der Waals surface area contributed by atoms with Gasteiger partial charge in [0.05, 0.1) is 0 Å². The van der Waals surface area contributed by atoms with Gasteiger partial charge < -0.3 is 21.1 Å². The number of carbonyl (C=O) groups is 1. The number of carboxylic acids is 1. The first-order chi connectivity index (χ1) is 7.77. The molecule has 5 nitrogen and oxygen atoms in total. The van der Waals surface area contributed by atoms with Gasteiger partial charge in [0, 0.05) is 0 Å². The van der Waals surface area contributed by atoms with Crippen LogP contribution in [0.5, 0.6) is 11.5 Å². The highest BCUT2D eigenvalue weighted by molar-refractivity contribution is 6.53. The van der Waals surface area contributed by atoms with Gasteiger partial charge in [-0.3, -0.25) is 4.79 Å². The molecule has 0 spiro atoms. The molecule has 0 heterocycles. The average molecular weight is 233 g/mol. The maximum absolute atomic E-state index is 10.7. The molecular weight excluding hydrogens is 219 g/mol. The van der Waals surface area contributed by atoms with Gasteiger partial charge in [-0.2, -0.15) is 0 Å². The van der Waals surface area contributed by atoms with Crippen LogP contribution >= 0.6 is 0 Å². The fourth-order valence-electron chi connectivity index (χ4n) is 1.80. The summed E-state index contributed by atoms with van der Waals surface area (Å²) in [6.07, 6.45) is 0.127. The van der Waals surface area contributed by atoms with E-state index in [1.54, 1.807) is 23.5 Å². The smallest absolute Gasteiger partial charge is 0.320 e. The van der Waals surface area contributed by atoms with Crippen LogP contribution in [0.4, 0.5) is 0 Å². The van der Waals surface area contributed by atoms with Crippen molar-refractivity contribution in [1.82, 2.24) is 0 Å². The van der Waals surface area contributed by atoms with Crippen molar-refractivity contribution >= 4 is 45.9 Å². The van der Waals surface area contributed by atoms with E-state index in [0.29, 0.717) is 16.5 Å². The maximum atomic E-state index is 10.7. The molecule has 0 radical (unpaired) electrons. The molecule has 0 saturated carbocycles. The molecule has 0 saturated heterocycles. The lowest BCUT2D eigenvalue weighted by atomic mass is 9.70. The van der Waals surface area contributed by atoms with E-state index in [2.05, 4.69) is 0 Å². The van der Waals surface area contributed by atoms with Gasteiger partial charge in [-0.15, -0.1) is 0 Å². The third-order valence-electron chi connectivity index (χ3n) is 3.14. The molecule has 0 aromatic heterocycles. The summed E-state index contributed by atoms with van der Waals surface area (Å²) in [4.78, 5) is 10.7. The molecule has 0 aliphatic rings. The summed E-state index contributed by atoms with van der Waals surface area (Å²) in [6, 6.07) is -1.02. The highest BCUT2D eigenvalue weighted by Crippen LogP contribution is 2.18. The molecule has 1 rings (SSSR count). The first-order valence-corrected chi connectivity index (χ1v) is 5.26. The normalized spacial score (nSPS) is 12.3. The monoisotopic (exact) mass is 233 g/mol. The van der Waals surface area contributed by atoms with Crippen molar-refractivity contribution < 1.29 is 20.1 Å². The summed E-state index contributed by atoms with van der Waals surface area (Å²) in [5.41, 5.74) is 7.93. The molecule has 1 atom stereocenters. The highest BCUT2D eigenvalue weighted by atomic mass is 16.4. The van der Waals surface area contributed by atoms with Crippen LogP contribution in [0.1, 0.15) is 5.56 Å². The lowest BCUT2D eigenvalue weighted by Crippen LogP contribution is -2.41. The van der Waals surface area contributed by atoms with Gasteiger partial charge in [-0.25, -0.2) is 0 Å². The van der Waals surface area contributed by atoms with Crippen LogP contribution in [0, 0.1) is 0 Å². The fourth-order valence-corrected chi connectivity index (χ4v) is 1.80. The second-order valence-corrected chi connectivity index (χ2v) is 4.20. The van der Waals surface area contributed by atoms with Crippen molar-refractivity contribution in [3.8, 4) is 11.5 Å². The SMILES string of the molecule is Bc1c(B)c(C[C@H](N)C(=O)O)c(B)c(O)c1O. The second-order valence-electron chi connectivity index (χ2n) is 4.20. The lowest BCUT2D eigenvalue weighted by Gasteiger charge is -2.18. The molecule has 0 bridgehead atoms. The van der Waals surface area contributed by atoms with E-state index in [9.17, 15) is 15.0 Å². The van der Waals surface area contributed by atoms with Crippen molar-refractivity contribution in [2.75, 3.05) is 0 Å². The Morgan fingerprint density at radius 2 is 1.59 bits per heavy atom. The average Bonchev–Trinajstić information content (AvgIpc) is 2.29. The van der Waals surface area contributed by atoms with E-state index in [1.807, 2.05) is 0 Å². The van der Waals surface area contributed by atoms with E-state index in [0.717, 1.165) is 5.46 Å². The molecule has 0 amide bonds. The number of rotatable bonds is 3. The van der Waals surface area contributed by atoms with Crippen LogP contribution in [0.15, 0.2) is 0 Å². The van der Waals surface area contributed by atoms with Gasteiger partial charge in [0.25, 0.3) is 0 Å². The Kier molecular flexibility index (Phi) is 3.78. The minimum atomic E-state index is -1.09. The van der Waals surface area contributed by atoms with Gasteiger partial charge in [-0.05, 0) is 11.9 Å². The summed E-state index contributed by atoms with van der Waals surface area (Å²) < 4.78 is 0. The zero-order valence-electron chi connectivity index (χ0n) is 10.1. The summed E-state index contributed by atoms with van der Waals surface area (Å²) in [5, 5.41) is 28.1. The van der Waals surface area contributed by atoms with Gasteiger partial charge in [0.15, 0.2) is 5.75 Å². The van der Waals surface area contributed by atoms with Crippen LogP contribution in [0.25, 0.3) is 0 Å². The van der Waals surface area contributed by atoms with Crippen LogP contribution in [-0.2, 0) is 11.2 Å². The molecule has 8 heteroatoms. The molecule has 1 aromatic carbocycles. The number of phenolic OH excluding ortho intramolecular Hbond substituents is 2. The Bertz CT molecular complexity index is 449. The molecule has 0 aliphatic carbocycles. The molecule has 88 valence electrons. The Labute approximate surface area is 102 Å². The Balaban J connectivity index is 3.30. The van der Waals surface area contributed by atoms with Gasteiger partial charge in [-0.1, -0.05) is 16.5 Å².